The van der Waals surface area contributed by atoms with Gasteiger partial charge in [0, 0.05) is 12.8 Å². The fraction of sp³-hybridized carbons (Fsp3) is 0.680. The number of Topliss-reactive ketones (excluding diaryl/α,β-unsaturated/α-hetero) is 2. The first kappa shape index (κ1) is 20.3. The Morgan fingerprint density at radius 3 is 2.19 bits per heavy atom. The predicted octanol–water partition coefficient (Wildman–Crippen LogP) is 6.27. The van der Waals surface area contributed by atoms with Crippen LogP contribution in [0.1, 0.15) is 95.1 Å². The second-order valence-electron chi connectivity index (χ2n) is 8.97. The first-order valence-corrected chi connectivity index (χ1v) is 11.2. The molecule has 2 aliphatic rings. The minimum atomic E-state index is -0.346. The van der Waals surface area contributed by atoms with E-state index >= 15 is 0 Å². The van der Waals surface area contributed by atoms with Gasteiger partial charge in [0.25, 0.3) is 0 Å². The van der Waals surface area contributed by atoms with Gasteiger partial charge in [0.15, 0.2) is 0 Å². The number of carbonyl (C=O) groups excluding carboxylic acids is 2. The number of hydrogen-bond donors (Lipinski definition) is 0. The Hall–Kier alpha value is -1.44. The van der Waals surface area contributed by atoms with Gasteiger partial charge < -0.3 is 0 Å². The summed E-state index contributed by atoms with van der Waals surface area (Å²) in [6.45, 7) is 4.42. The lowest BCUT2D eigenvalue weighted by molar-refractivity contribution is -0.135. The number of ketones is 2. The summed E-state index contributed by atoms with van der Waals surface area (Å²) < 4.78 is 0. The maximum absolute atomic E-state index is 12.6. The fourth-order valence-electron chi connectivity index (χ4n) is 5.21. The summed E-state index contributed by atoms with van der Waals surface area (Å²) in [5.74, 6) is 2.08. The molecule has 0 aliphatic heterocycles. The molecule has 2 fully saturated rings. The number of rotatable bonds is 7. The Labute approximate surface area is 165 Å². The van der Waals surface area contributed by atoms with Crippen molar-refractivity contribution in [3.05, 3.63) is 35.4 Å². The maximum atomic E-state index is 12.6. The zero-order valence-corrected chi connectivity index (χ0v) is 17.2. The number of benzene rings is 1. The molecule has 0 amide bonds. The van der Waals surface area contributed by atoms with Crippen molar-refractivity contribution in [2.24, 2.45) is 17.8 Å². The SMILES string of the molecule is CCCC1CCC(c2ccc(CC(=O)C3CCC(CC)CC3=O)cc2)CC1. The van der Waals surface area contributed by atoms with Crippen LogP contribution in [-0.4, -0.2) is 11.6 Å². The smallest absolute Gasteiger partial charge is 0.147 e. The molecule has 148 valence electrons. The molecular weight excluding hydrogens is 332 g/mol. The van der Waals surface area contributed by atoms with Gasteiger partial charge in [-0.1, -0.05) is 57.4 Å². The molecule has 2 aliphatic carbocycles. The zero-order valence-electron chi connectivity index (χ0n) is 17.2. The minimum Gasteiger partial charge on any atom is -0.299 e. The van der Waals surface area contributed by atoms with E-state index in [1.165, 1.54) is 44.1 Å². The van der Waals surface area contributed by atoms with Gasteiger partial charge in [-0.25, -0.2) is 0 Å². The average Bonchev–Trinajstić information content (AvgIpc) is 2.69. The molecular formula is C25H36O2. The third-order valence-corrected chi connectivity index (χ3v) is 7.08. The van der Waals surface area contributed by atoms with Crippen LogP contribution in [0.2, 0.25) is 0 Å². The van der Waals surface area contributed by atoms with Crippen LogP contribution in [0, 0.1) is 17.8 Å². The maximum Gasteiger partial charge on any atom is 0.147 e. The quantitative estimate of drug-likeness (QED) is 0.532. The highest BCUT2D eigenvalue weighted by atomic mass is 16.1. The molecule has 27 heavy (non-hydrogen) atoms. The summed E-state index contributed by atoms with van der Waals surface area (Å²) in [6, 6.07) is 8.69. The molecule has 1 aromatic carbocycles. The van der Waals surface area contributed by atoms with Crippen LogP contribution < -0.4 is 0 Å². The summed E-state index contributed by atoms with van der Waals surface area (Å²) in [6.07, 6.45) is 11.9. The van der Waals surface area contributed by atoms with Gasteiger partial charge in [-0.05, 0) is 67.4 Å². The third-order valence-electron chi connectivity index (χ3n) is 7.08. The highest BCUT2D eigenvalue weighted by molar-refractivity contribution is 6.03. The van der Waals surface area contributed by atoms with Gasteiger partial charge >= 0.3 is 0 Å². The molecule has 0 heterocycles. The van der Waals surface area contributed by atoms with E-state index < -0.39 is 0 Å². The van der Waals surface area contributed by atoms with Crippen molar-refractivity contribution >= 4 is 11.6 Å². The third kappa shape index (κ3) is 5.30. The van der Waals surface area contributed by atoms with Gasteiger partial charge in [0.1, 0.15) is 11.6 Å². The Balaban J connectivity index is 1.52. The molecule has 2 heteroatoms. The molecule has 0 bridgehead atoms. The summed E-state index contributed by atoms with van der Waals surface area (Å²) in [5.41, 5.74) is 2.49. The lowest BCUT2D eigenvalue weighted by Crippen LogP contribution is -2.31. The van der Waals surface area contributed by atoms with E-state index in [1.54, 1.807) is 0 Å². The van der Waals surface area contributed by atoms with Crippen LogP contribution in [0.25, 0.3) is 0 Å². The van der Waals surface area contributed by atoms with E-state index in [0.717, 1.165) is 30.7 Å². The molecule has 1 aromatic rings. The standard InChI is InChI=1S/C25H36O2/c1-3-5-19-6-11-21(12-7-19)22-13-8-20(9-14-22)17-25(27)23-15-10-18(4-2)16-24(23)26/h8-9,13-14,18-19,21,23H,3-7,10-12,15-17H2,1-2H3. The molecule has 2 saturated carbocycles. The summed E-state index contributed by atoms with van der Waals surface area (Å²) in [7, 11) is 0. The van der Waals surface area contributed by atoms with E-state index in [9.17, 15) is 9.59 Å². The van der Waals surface area contributed by atoms with Gasteiger partial charge in [-0.15, -0.1) is 0 Å². The fourth-order valence-corrected chi connectivity index (χ4v) is 5.21. The molecule has 2 unspecified atom stereocenters. The summed E-state index contributed by atoms with van der Waals surface area (Å²) in [5, 5.41) is 0. The van der Waals surface area contributed by atoms with Crippen molar-refractivity contribution in [1.82, 2.24) is 0 Å². The van der Waals surface area contributed by atoms with Crippen LogP contribution in [0.4, 0.5) is 0 Å². The highest BCUT2D eigenvalue weighted by Crippen LogP contribution is 2.37. The molecule has 0 aromatic heterocycles. The Bertz CT molecular complexity index is 622. The molecule has 0 radical (unpaired) electrons. The molecule has 0 saturated heterocycles. The predicted molar refractivity (Wildman–Crippen MR) is 111 cm³/mol. The number of hydrogen-bond acceptors (Lipinski definition) is 2. The van der Waals surface area contributed by atoms with Gasteiger partial charge in [0.2, 0.25) is 0 Å². The van der Waals surface area contributed by atoms with E-state index in [0.29, 0.717) is 24.7 Å². The molecule has 3 rings (SSSR count). The first-order chi connectivity index (χ1) is 13.1. The van der Waals surface area contributed by atoms with E-state index in [1.807, 2.05) is 0 Å². The lowest BCUT2D eigenvalue weighted by Gasteiger charge is -2.28. The first-order valence-electron chi connectivity index (χ1n) is 11.2. The summed E-state index contributed by atoms with van der Waals surface area (Å²) >= 11 is 0. The Morgan fingerprint density at radius 2 is 1.59 bits per heavy atom. The summed E-state index contributed by atoms with van der Waals surface area (Å²) in [4.78, 5) is 24.9. The Morgan fingerprint density at radius 1 is 0.926 bits per heavy atom. The largest absolute Gasteiger partial charge is 0.299 e. The molecule has 0 N–H and O–H groups in total. The van der Waals surface area contributed by atoms with Crippen LogP contribution in [0.15, 0.2) is 24.3 Å². The van der Waals surface area contributed by atoms with Crippen molar-refractivity contribution in [2.45, 2.75) is 90.4 Å². The van der Waals surface area contributed by atoms with Gasteiger partial charge in [0.05, 0.1) is 5.92 Å². The number of carbonyl (C=O) groups is 2. The van der Waals surface area contributed by atoms with Crippen molar-refractivity contribution in [3.8, 4) is 0 Å². The average molecular weight is 369 g/mol. The van der Waals surface area contributed by atoms with Crippen LogP contribution >= 0.6 is 0 Å². The lowest BCUT2D eigenvalue weighted by atomic mass is 9.76. The van der Waals surface area contributed by atoms with Crippen molar-refractivity contribution in [2.75, 3.05) is 0 Å². The molecule has 2 atom stereocenters. The topological polar surface area (TPSA) is 34.1 Å². The highest BCUT2D eigenvalue weighted by Gasteiger charge is 2.32. The normalized spacial score (nSPS) is 28.9. The zero-order chi connectivity index (χ0) is 19.2. The van der Waals surface area contributed by atoms with Crippen molar-refractivity contribution < 1.29 is 9.59 Å². The van der Waals surface area contributed by atoms with Crippen molar-refractivity contribution in [1.29, 1.82) is 0 Å². The molecule has 2 nitrogen and oxygen atoms in total. The molecule has 0 spiro atoms. The van der Waals surface area contributed by atoms with Gasteiger partial charge in [-0.2, -0.15) is 0 Å². The monoisotopic (exact) mass is 368 g/mol. The van der Waals surface area contributed by atoms with E-state index in [2.05, 4.69) is 38.1 Å². The van der Waals surface area contributed by atoms with E-state index in [4.69, 9.17) is 0 Å². The van der Waals surface area contributed by atoms with Crippen molar-refractivity contribution in [3.63, 3.8) is 0 Å². The Kier molecular flexibility index (Phi) is 7.26. The van der Waals surface area contributed by atoms with Crippen LogP contribution in [-0.2, 0) is 16.0 Å². The second kappa shape index (κ2) is 9.66. The van der Waals surface area contributed by atoms with E-state index in [-0.39, 0.29) is 17.5 Å². The second-order valence-corrected chi connectivity index (χ2v) is 8.97. The van der Waals surface area contributed by atoms with Crippen LogP contribution in [0.5, 0.6) is 0 Å². The van der Waals surface area contributed by atoms with Gasteiger partial charge in [-0.3, -0.25) is 9.59 Å². The minimum absolute atomic E-state index is 0.127. The van der Waals surface area contributed by atoms with Crippen LogP contribution in [0.3, 0.4) is 0 Å².